The highest BCUT2D eigenvalue weighted by Crippen LogP contribution is 2.25. The number of rotatable bonds is 3. The van der Waals surface area contributed by atoms with E-state index in [-0.39, 0.29) is 17.2 Å². The molecule has 0 radical (unpaired) electrons. The largest absolute Gasteiger partial charge is 0.507 e. The number of hydrogen-bond acceptors (Lipinski definition) is 4. The normalized spacial score (nSPS) is 10.7. The van der Waals surface area contributed by atoms with Gasteiger partial charge in [0.1, 0.15) is 5.75 Å². The second-order valence-corrected chi connectivity index (χ2v) is 6.12. The maximum atomic E-state index is 12.0. The summed E-state index contributed by atoms with van der Waals surface area (Å²) in [7, 11) is 0. The molecule has 100 valence electrons. The Morgan fingerprint density at radius 1 is 1.47 bits per heavy atom. The van der Waals surface area contributed by atoms with Gasteiger partial charge in [-0.05, 0) is 24.1 Å². The zero-order valence-electron chi connectivity index (χ0n) is 10.5. The van der Waals surface area contributed by atoms with Crippen LogP contribution in [0.25, 0.3) is 0 Å². The van der Waals surface area contributed by atoms with E-state index in [1.54, 1.807) is 12.1 Å². The molecule has 1 aromatic heterocycles. The van der Waals surface area contributed by atoms with Crippen LogP contribution in [0.15, 0.2) is 28.1 Å². The number of benzene rings is 1. The van der Waals surface area contributed by atoms with E-state index in [0.29, 0.717) is 11.0 Å². The number of aromatic nitrogens is 1. The maximum absolute atomic E-state index is 12.0. The van der Waals surface area contributed by atoms with E-state index in [1.165, 1.54) is 17.4 Å². The van der Waals surface area contributed by atoms with Crippen molar-refractivity contribution < 1.29 is 9.90 Å². The van der Waals surface area contributed by atoms with E-state index in [9.17, 15) is 9.90 Å². The van der Waals surface area contributed by atoms with Crippen molar-refractivity contribution in [1.82, 2.24) is 4.98 Å². The fraction of sp³-hybridized carbons (Fsp3) is 0.231. The van der Waals surface area contributed by atoms with Crippen molar-refractivity contribution in [1.29, 1.82) is 0 Å². The second kappa shape index (κ2) is 5.71. The topological polar surface area (TPSA) is 62.2 Å². The molecule has 1 amide bonds. The summed E-state index contributed by atoms with van der Waals surface area (Å²) < 4.78 is 0.720. The van der Waals surface area contributed by atoms with E-state index in [1.807, 2.05) is 19.2 Å². The second-order valence-electron chi connectivity index (χ2n) is 4.35. The van der Waals surface area contributed by atoms with Gasteiger partial charge in [0.25, 0.3) is 5.91 Å². The predicted octanol–water partition coefficient (Wildman–Crippen LogP) is 3.99. The van der Waals surface area contributed by atoms with Crippen molar-refractivity contribution in [3.63, 3.8) is 0 Å². The van der Waals surface area contributed by atoms with Gasteiger partial charge in [-0.1, -0.05) is 29.8 Å². The van der Waals surface area contributed by atoms with Gasteiger partial charge >= 0.3 is 0 Å². The van der Waals surface area contributed by atoms with E-state index < -0.39 is 0 Å². The standard InChI is InChI=1S/C13H13BrN2O2S/c1-7(2)10-6-19-13(15-10)16-12(18)9-4-3-8(14)5-11(9)17/h3-7,17H,1-2H3,(H,15,16,18). The number of carbonyl (C=O) groups excluding carboxylic acids is 1. The molecule has 0 aliphatic heterocycles. The third-order valence-electron chi connectivity index (χ3n) is 2.54. The third kappa shape index (κ3) is 3.33. The van der Waals surface area contributed by atoms with Crippen LogP contribution in [0.4, 0.5) is 5.13 Å². The van der Waals surface area contributed by atoms with Crippen LogP contribution in [0, 0.1) is 0 Å². The average Bonchev–Trinajstić information content (AvgIpc) is 2.77. The number of amides is 1. The summed E-state index contributed by atoms with van der Waals surface area (Å²) in [5.41, 5.74) is 1.17. The lowest BCUT2D eigenvalue weighted by molar-refractivity contribution is 0.102. The monoisotopic (exact) mass is 340 g/mol. The summed E-state index contributed by atoms with van der Waals surface area (Å²) >= 11 is 4.61. The van der Waals surface area contributed by atoms with E-state index >= 15 is 0 Å². The van der Waals surface area contributed by atoms with Crippen molar-refractivity contribution >= 4 is 38.3 Å². The van der Waals surface area contributed by atoms with Crippen LogP contribution in [0.1, 0.15) is 35.8 Å². The van der Waals surface area contributed by atoms with Crippen LogP contribution in [0.3, 0.4) is 0 Å². The van der Waals surface area contributed by atoms with E-state index in [2.05, 4.69) is 26.2 Å². The molecule has 0 atom stereocenters. The molecule has 0 aliphatic carbocycles. The fourth-order valence-corrected chi connectivity index (χ4v) is 2.69. The summed E-state index contributed by atoms with van der Waals surface area (Å²) in [4.78, 5) is 16.3. The molecular formula is C13H13BrN2O2S. The Bertz CT molecular complexity index is 610. The van der Waals surface area contributed by atoms with Gasteiger partial charge in [0.05, 0.1) is 11.3 Å². The van der Waals surface area contributed by atoms with Crippen LogP contribution in [0.5, 0.6) is 5.75 Å². The predicted molar refractivity (Wildman–Crippen MR) is 80.0 cm³/mol. The van der Waals surface area contributed by atoms with Gasteiger partial charge in [0.15, 0.2) is 5.13 Å². The Morgan fingerprint density at radius 2 is 2.21 bits per heavy atom. The number of carbonyl (C=O) groups is 1. The maximum Gasteiger partial charge on any atom is 0.261 e. The molecular weight excluding hydrogens is 328 g/mol. The molecule has 2 aromatic rings. The Labute approximate surface area is 123 Å². The number of halogens is 1. The Kier molecular flexibility index (Phi) is 4.21. The number of anilines is 1. The highest BCUT2D eigenvalue weighted by atomic mass is 79.9. The van der Waals surface area contributed by atoms with E-state index in [4.69, 9.17) is 0 Å². The van der Waals surface area contributed by atoms with Crippen molar-refractivity contribution in [2.24, 2.45) is 0 Å². The highest BCUT2D eigenvalue weighted by molar-refractivity contribution is 9.10. The van der Waals surface area contributed by atoms with Gasteiger partial charge in [-0.25, -0.2) is 4.98 Å². The molecule has 6 heteroatoms. The van der Waals surface area contributed by atoms with Crippen molar-refractivity contribution in [2.75, 3.05) is 5.32 Å². The van der Waals surface area contributed by atoms with Crippen LogP contribution in [-0.2, 0) is 0 Å². The minimum absolute atomic E-state index is 0.0625. The molecule has 0 saturated carbocycles. The first-order valence-corrected chi connectivity index (χ1v) is 7.40. The number of phenols is 1. The number of hydrogen-bond donors (Lipinski definition) is 2. The molecule has 0 unspecified atom stereocenters. The molecule has 0 aliphatic rings. The summed E-state index contributed by atoms with van der Waals surface area (Å²) in [6, 6.07) is 4.75. The first-order chi connectivity index (χ1) is 8.97. The minimum atomic E-state index is -0.366. The lowest BCUT2D eigenvalue weighted by Gasteiger charge is -2.04. The lowest BCUT2D eigenvalue weighted by atomic mass is 10.2. The number of aromatic hydroxyl groups is 1. The molecule has 2 rings (SSSR count). The minimum Gasteiger partial charge on any atom is -0.507 e. The first-order valence-electron chi connectivity index (χ1n) is 5.72. The number of nitrogens with one attached hydrogen (secondary N) is 1. The van der Waals surface area contributed by atoms with Crippen LogP contribution < -0.4 is 5.32 Å². The van der Waals surface area contributed by atoms with Crippen molar-refractivity contribution in [3.8, 4) is 5.75 Å². The van der Waals surface area contributed by atoms with Crippen LogP contribution >= 0.6 is 27.3 Å². The number of thiazole rings is 1. The summed E-state index contributed by atoms with van der Waals surface area (Å²) in [5, 5.41) is 14.9. The van der Waals surface area contributed by atoms with Gasteiger partial charge in [-0.15, -0.1) is 11.3 Å². The molecule has 19 heavy (non-hydrogen) atoms. The number of nitrogens with zero attached hydrogens (tertiary/aromatic N) is 1. The van der Waals surface area contributed by atoms with Crippen LogP contribution in [-0.4, -0.2) is 16.0 Å². The Balaban J connectivity index is 2.16. The van der Waals surface area contributed by atoms with Gasteiger partial charge < -0.3 is 5.11 Å². The smallest absolute Gasteiger partial charge is 0.261 e. The molecule has 4 nitrogen and oxygen atoms in total. The summed E-state index contributed by atoms with van der Waals surface area (Å²) in [6.07, 6.45) is 0. The lowest BCUT2D eigenvalue weighted by Crippen LogP contribution is -2.12. The zero-order chi connectivity index (χ0) is 14.0. The molecule has 0 fully saturated rings. The highest BCUT2D eigenvalue weighted by Gasteiger charge is 2.14. The Hall–Kier alpha value is -1.40. The van der Waals surface area contributed by atoms with Crippen molar-refractivity contribution in [3.05, 3.63) is 39.3 Å². The molecule has 0 spiro atoms. The summed E-state index contributed by atoms with van der Waals surface area (Å²) in [5.74, 6) is -0.106. The molecule has 1 aromatic carbocycles. The Morgan fingerprint density at radius 3 is 2.79 bits per heavy atom. The van der Waals surface area contributed by atoms with Gasteiger partial charge in [0, 0.05) is 9.85 Å². The fourth-order valence-electron chi connectivity index (χ4n) is 1.47. The first kappa shape index (κ1) is 14.0. The van der Waals surface area contributed by atoms with Crippen LogP contribution in [0.2, 0.25) is 0 Å². The zero-order valence-corrected chi connectivity index (χ0v) is 12.9. The quantitative estimate of drug-likeness (QED) is 0.887. The molecule has 0 saturated heterocycles. The molecule has 1 heterocycles. The van der Waals surface area contributed by atoms with Crippen molar-refractivity contribution in [2.45, 2.75) is 19.8 Å². The number of phenolic OH excluding ortho intramolecular Hbond substituents is 1. The van der Waals surface area contributed by atoms with E-state index in [0.717, 1.165) is 10.2 Å². The van der Waals surface area contributed by atoms with Gasteiger partial charge in [-0.2, -0.15) is 0 Å². The average molecular weight is 341 g/mol. The molecule has 2 N–H and O–H groups in total. The van der Waals surface area contributed by atoms with Gasteiger partial charge in [-0.3, -0.25) is 10.1 Å². The third-order valence-corrected chi connectivity index (χ3v) is 3.81. The summed E-state index contributed by atoms with van der Waals surface area (Å²) in [6.45, 7) is 4.09. The molecule has 0 bridgehead atoms. The van der Waals surface area contributed by atoms with Gasteiger partial charge in [0.2, 0.25) is 0 Å². The SMILES string of the molecule is CC(C)c1csc(NC(=O)c2ccc(Br)cc2O)n1.